The van der Waals surface area contributed by atoms with Crippen LogP contribution in [-0.4, -0.2) is 11.6 Å². The summed E-state index contributed by atoms with van der Waals surface area (Å²) in [5.41, 5.74) is 1.67. The maximum absolute atomic E-state index is 11.5. The van der Waals surface area contributed by atoms with Crippen LogP contribution < -0.4 is 0 Å². The number of carbonyl (C=O) groups excluding carboxylic acids is 1. The zero-order chi connectivity index (χ0) is 15.5. The highest BCUT2D eigenvalue weighted by Gasteiger charge is 2.51. The average Bonchev–Trinajstić information content (AvgIpc) is 3.11. The van der Waals surface area contributed by atoms with Gasteiger partial charge in [-0.15, -0.1) is 0 Å². The molecule has 0 aliphatic heterocycles. The molecule has 0 N–H and O–H groups in total. The molecule has 3 heteroatoms. The molecule has 2 aliphatic carbocycles. The quantitative estimate of drug-likeness (QED) is 0.320. The van der Waals surface area contributed by atoms with E-state index in [-0.39, 0.29) is 5.41 Å². The van der Waals surface area contributed by atoms with Crippen LogP contribution in [0.15, 0.2) is 36.0 Å². The average molecular weight is 290 g/mol. The van der Waals surface area contributed by atoms with Crippen molar-refractivity contribution in [2.24, 2.45) is 5.41 Å². The van der Waals surface area contributed by atoms with Gasteiger partial charge in [0.25, 0.3) is 0 Å². The third kappa shape index (κ3) is 2.98. The van der Waals surface area contributed by atoms with Gasteiger partial charge in [0.05, 0.1) is 0 Å². The number of hydrogen-bond acceptors (Lipinski definition) is 3. The predicted molar refractivity (Wildman–Crippen MR) is 83.4 cm³/mol. The third-order valence-corrected chi connectivity index (χ3v) is 4.46. The third-order valence-electron chi connectivity index (χ3n) is 4.46. The van der Waals surface area contributed by atoms with Crippen LogP contribution in [0, 0.1) is 5.41 Å². The van der Waals surface area contributed by atoms with Crippen LogP contribution in [0.1, 0.15) is 59.3 Å². The lowest BCUT2D eigenvalue weighted by molar-refractivity contribution is -0.330. The van der Waals surface area contributed by atoms with E-state index in [1.165, 1.54) is 11.1 Å². The van der Waals surface area contributed by atoms with Crippen LogP contribution in [0.5, 0.6) is 0 Å². The monoisotopic (exact) mass is 290 g/mol. The molecule has 0 amide bonds. The Bertz CT molecular complexity index is 453. The van der Waals surface area contributed by atoms with E-state index >= 15 is 0 Å². The molecule has 116 valence electrons. The Hall–Kier alpha value is -1.35. The van der Waals surface area contributed by atoms with Gasteiger partial charge in [-0.05, 0) is 49.7 Å². The maximum Gasteiger partial charge on any atom is 0.365 e. The van der Waals surface area contributed by atoms with Crippen molar-refractivity contribution >= 4 is 5.97 Å². The van der Waals surface area contributed by atoms with E-state index in [4.69, 9.17) is 9.78 Å². The van der Waals surface area contributed by atoms with Gasteiger partial charge in [-0.2, -0.15) is 4.89 Å². The second-order valence-electron chi connectivity index (χ2n) is 6.86. The van der Waals surface area contributed by atoms with Crippen molar-refractivity contribution in [2.45, 2.75) is 64.9 Å². The maximum atomic E-state index is 11.5. The van der Waals surface area contributed by atoms with Crippen molar-refractivity contribution < 1.29 is 14.6 Å². The highest BCUT2D eigenvalue weighted by molar-refractivity contribution is 5.80. The van der Waals surface area contributed by atoms with Gasteiger partial charge in [0, 0.05) is 11.5 Å². The van der Waals surface area contributed by atoms with E-state index in [2.05, 4.69) is 39.5 Å². The molecular weight excluding hydrogens is 264 g/mol. The van der Waals surface area contributed by atoms with Gasteiger partial charge in [-0.1, -0.05) is 39.5 Å². The van der Waals surface area contributed by atoms with Gasteiger partial charge in [-0.3, -0.25) is 4.89 Å². The van der Waals surface area contributed by atoms with Gasteiger partial charge >= 0.3 is 5.97 Å². The fraction of sp³-hybridized carbons (Fsp3) is 0.611. The van der Waals surface area contributed by atoms with E-state index in [0.717, 1.165) is 44.6 Å². The Morgan fingerprint density at radius 1 is 1.14 bits per heavy atom. The number of rotatable bonds is 5. The van der Waals surface area contributed by atoms with Gasteiger partial charge in [0.2, 0.25) is 0 Å². The molecule has 0 unspecified atom stereocenters. The zero-order valence-electron chi connectivity index (χ0n) is 13.4. The van der Waals surface area contributed by atoms with E-state index < -0.39 is 11.6 Å². The molecule has 0 atom stereocenters. The van der Waals surface area contributed by atoms with E-state index in [9.17, 15) is 4.79 Å². The van der Waals surface area contributed by atoms with Crippen molar-refractivity contribution in [1.82, 2.24) is 0 Å². The molecule has 0 aromatic carbocycles. The second kappa shape index (κ2) is 6.18. The van der Waals surface area contributed by atoms with Crippen molar-refractivity contribution in [3.8, 4) is 0 Å². The molecule has 0 radical (unpaired) electrons. The van der Waals surface area contributed by atoms with Crippen LogP contribution in [0.25, 0.3) is 0 Å². The van der Waals surface area contributed by atoms with Gasteiger partial charge in [-0.25, -0.2) is 4.79 Å². The van der Waals surface area contributed by atoms with Gasteiger partial charge in [0.1, 0.15) is 0 Å². The van der Waals surface area contributed by atoms with E-state index in [1.54, 1.807) is 0 Å². The van der Waals surface area contributed by atoms with Gasteiger partial charge in [0.15, 0.2) is 5.60 Å². The Kier molecular flexibility index (Phi) is 4.72. The minimum Gasteiger partial charge on any atom is -0.292 e. The summed E-state index contributed by atoms with van der Waals surface area (Å²) in [6, 6.07) is 0. The van der Waals surface area contributed by atoms with Crippen LogP contribution in [0.3, 0.4) is 0 Å². The van der Waals surface area contributed by atoms with Crippen molar-refractivity contribution in [1.29, 1.82) is 0 Å². The fourth-order valence-electron chi connectivity index (χ4n) is 3.52. The van der Waals surface area contributed by atoms with E-state index in [0.29, 0.717) is 0 Å². The lowest BCUT2D eigenvalue weighted by Crippen LogP contribution is -2.48. The van der Waals surface area contributed by atoms with Gasteiger partial charge < -0.3 is 0 Å². The van der Waals surface area contributed by atoms with Crippen molar-refractivity contribution in [2.75, 3.05) is 0 Å². The molecular formula is C18H26O3. The summed E-state index contributed by atoms with van der Waals surface area (Å²) < 4.78 is 0. The summed E-state index contributed by atoms with van der Waals surface area (Å²) in [6.45, 7) is 9.87. The molecule has 3 nitrogen and oxygen atoms in total. The highest BCUT2D eigenvalue weighted by atomic mass is 17.2. The highest BCUT2D eigenvalue weighted by Crippen LogP contribution is 2.51. The first-order valence-corrected chi connectivity index (χ1v) is 7.83. The molecule has 21 heavy (non-hydrogen) atoms. The Balaban J connectivity index is 2.42. The van der Waals surface area contributed by atoms with Crippen molar-refractivity contribution in [3.05, 3.63) is 36.0 Å². The minimum absolute atomic E-state index is 0.194. The van der Waals surface area contributed by atoms with Crippen LogP contribution in [0.4, 0.5) is 0 Å². The lowest BCUT2D eigenvalue weighted by Gasteiger charge is -2.45. The predicted octanol–water partition coefficient (Wildman–Crippen LogP) is 4.65. The normalized spacial score (nSPS) is 19.2. The molecule has 0 aromatic heterocycles. The number of hydrogen-bond donors (Lipinski definition) is 0. The van der Waals surface area contributed by atoms with Crippen LogP contribution >= 0.6 is 0 Å². The molecule has 2 rings (SSSR count). The molecule has 0 saturated carbocycles. The number of allylic oxidation sites excluding steroid dienone is 2. The first-order valence-electron chi connectivity index (χ1n) is 7.83. The molecule has 2 aliphatic rings. The number of carbonyl (C=O) groups is 1. The Labute approximate surface area is 127 Å². The summed E-state index contributed by atoms with van der Waals surface area (Å²) in [7, 11) is 0. The lowest BCUT2D eigenvalue weighted by atomic mass is 9.67. The molecule has 0 spiro atoms. The zero-order valence-corrected chi connectivity index (χ0v) is 13.4. The molecule has 0 fully saturated rings. The SMILES string of the molecule is C=CC(=O)OOC(C1=CCCC1)(C1=CCCC1)C(C)(C)C. The molecule has 0 saturated heterocycles. The summed E-state index contributed by atoms with van der Waals surface area (Å²) in [4.78, 5) is 22.4. The largest absolute Gasteiger partial charge is 0.365 e. The van der Waals surface area contributed by atoms with E-state index in [1.807, 2.05) is 0 Å². The summed E-state index contributed by atoms with van der Waals surface area (Å²) >= 11 is 0. The standard InChI is InChI=1S/C18H26O3/c1-5-16(19)20-21-18(17(2,3)4,14-10-6-7-11-14)15-12-8-9-13-15/h5,10,12H,1,6-9,11,13H2,2-4H3. The smallest absolute Gasteiger partial charge is 0.292 e. The summed E-state index contributed by atoms with van der Waals surface area (Å²) in [5, 5.41) is 0. The molecule has 0 heterocycles. The summed E-state index contributed by atoms with van der Waals surface area (Å²) in [5.74, 6) is -0.541. The first-order chi connectivity index (χ1) is 9.91. The Morgan fingerprint density at radius 2 is 1.67 bits per heavy atom. The van der Waals surface area contributed by atoms with Crippen LogP contribution in [0.2, 0.25) is 0 Å². The first kappa shape index (κ1) is 16.0. The minimum atomic E-state index is -0.640. The van der Waals surface area contributed by atoms with Crippen molar-refractivity contribution in [3.63, 3.8) is 0 Å². The second-order valence-corrected chi connectivity index (χ2v) is 6.86. The topological polar surface area (TPSA) is 35.5 Å². The van der Waals surface area contributed by atoms with Crippen LogP contribution in [-0.2, 0) is 14.6 Å². The fourth-order valence-corrected chi connectivity index (χ4v) is 3.52. The molecule has 0 aromatic rings. The summed E-state index contributed by atoms with van der Waals surface area (Å²) in [6.07, 6.45) is 12.1. The molecule has 0 bridgehead atoms. The Morgan fingerprint density at radius 3 is 2.00 bits per heavy atom.